The number of ether oxygens (including phenoxy) is 2. The van der Waals surface area contributed by atoms with Gasteiger partial charge in [-0.15, -0.1) is 11.8 Å². The van der Waals surface area contributed by atoms with Gasteiger partial charge in [-0.1, -0.05) is 0 Å². The molecular formula is C11H14N4O4S. The van der Waals surface area contributed by atoms with Crippen LogP contribution in [0.25, 0.3) is 11.2 Å². The van der Waals surface area contributed by atoms with E-state index in [1.54, 1.807) is 6.33 Å². The van der Waals surface area contributed by atoms with Crippen molar-refractivity contribution in [1.29, 1.82) is 0 Å². The highest BCUT2D eigenvalue weighted by molar-refractivity contribution is 7.99. The van der Waals surface area contributed by atoms with Gasteiger partial charge >= 0.3 is 0 Å². The lowest BCUT2D eigenvalue weighted by Gasteiger charge is -2.13. The van der Waals surface area contributed by atoms with Crippen molar-refractivity contribution < 1.29 is 19.7 Å². The Morgan fingerprint density at radius 2 is 2.20 bits per heavy atom. The minimum absolute atomic E-state index is 0.434. The van der Waals surface area contributed by atoms with Crippen molar-refractivity contribution in [2.24, 2.45) is 0 Å². The zero-order chi connectivity index (χ0) is 14.1. The Bertz CT molecular complexity index is 595. The van der Waals surface area contributed by atoms with E-state index in [2.05, 4.69) is 19.9 Å². The maximum absolute atomic E-state index is 9.89. The molecule has 1 aliphatic rings. The molecule has 1 fully saturated rings. The summed E-state index contributed by atoms with van der Waals surface area (Å²) in [6, 6.07) is 0. The highest BCUT2D eigenvalue weighted by atomic mass is 32.2. The lowest BCUT2D eigenvalue weighted by molar-refractivity contribution is -0.145. The number of rotatable bonds is 4. The Labute approximate surface area is 118 Å². The predicted octanol–water partition coefficient (Wildman–Crippen LogP) is -0.462. The predicted molar refractivity (Wildman–Crippen MR) is 70.1 cm³/mol. The Morgan fingerprint density at radius 3 is 2.95 bits per heavy atom. The zero-order valence-corrected chi connectivity index (χ0v) is 11.4. The average molecular weight is 298 g/mol. The number of H-pyrrole nitrogens is 1. The molecule has 0 saturated carbocycles. The van der Waals surface area contributed by atoms with Crippen LogP contribution >= 0.6 is 11.8 Å². The van der Waals surface area contributed by atoms with Gasteiger partial charge in [0.25, 0.3) is 0 Å². The third-order valence-electron chi connectivity index (χ3n) is 3.12. The Balaban J connectivity index is 1.69. The van der Waals surface area contributed by atoms with Crippen LogP contribution in [0, 0.1) is 0 Å². The van der Waals surface area contributed by atoms with Crippen molar-refractivity contribution in [2.75, 3.05) is 12.9 Å². The molecule has 0 spiro atoms. The first-order valence-corrected chi connectivity index (χ1v) is 7.00. The van der Waals surface area contributed by atoms with E-state index in [-0.39, 0.29) is 0 Å². The van der Waals surface area contributed by atoms with Gasteiger partial charge in [0, 0.05) is 12.9 Å². The molecule has 0 bridgehead atoms. The maximum Gasteiger partial charge on any atom is 0.186 e. The van der Waals surface area contributed by atoms with Gasteiger partial charge in [0.15, 0.2) is 11.9 Å². The van der Waals surface area contributed by atoms with Crippen molar-refractivity contribution in [2.45, 2.75) is 29.6 Å². The van der Waals surface area contributed by atoms with Crippen molar-refractivity contribution >= 4 is 22.9 Å². The molecule has 3 N–H and O–H groups in total. The number of thioether (sulfide) groups is 1. The first-order chi connectivity index (χ1) is 9.70. The van der Waals surface area contributed by atoms with E-state index >= 15 is 0 Å². The third-order valence-corrected chi connectivity index (χ3v) is 4.20. The molecular weight excluding hydrogens is 284 g/mol. The second-order valence-corrected chi connectivity index (χ2v) is 5.36. The first-order valence-electron chi connectivity index (χ1n) is 6.02. The number of imidazole rings is 1. The van der Waals surface area contributed by atoms with Gasteiger partial charge in [-0.3, -0.25) is 0 Å². The number of aliphatic hydroxyl groups is 2. The number of aromatic nitrogens is 4. The molecule has 3 heterocycles. The van der Waals surface area contributed by atoms with Crippen molar-refractivity contribution in [3.8, 4) is 0 Å². The van der Waals surface area contributed by atoms with Gasteiger partial charge in [0.1, 0.15) is 29.1 Å². The minimum atomic E-state index is -1.04. The van der Waals surface area contributed by atoms with E-state index in [4.69, 9.17) is 9.47 Å². The molecule has 0 aliphatic carbocycles. The van der Waals surface area contributed by atoms with E-state index in [0.29, 0.717) is 11.4 Å². The standard InChI is InChI=1S/C11H14N4O4S/c1-18-11-8(17)7(16)5(19-11)2-20-10-6-9(13-3-12-6)14-4-15-10/h3-5,7-8,11,16-17H,2H2,1H3,(H,12,13,14,15)/t5-,7-,8-,11-/m1/s1. The lowest BCUT2D eigenvalue weighted by Crippen LogP contribution is -2.33. The van der Waals surface area contributed by atoms with E-state index in [9.17, 15) is 10.2 Å². The van der Waals surface area contributed by atoms with Crippen molar-refractivity contribution in [3.05, 3.63) is 12.7 Å². The number of aliphatic hydroxyl groups excluding tert-OH is 2. The van der Waals surface area contributed by atoms with E-state index < -0.39 is 24.6 Å². The summed E-state index contributed by atoms with van der Waals surface area (Å²) in [5, 5.41) is 20.3. The van der Waals surface area contributed by atoms with Crippen LogP contribution in [0.1, 0.15) is 0 Å². The number of aromatic amines is 1. The van der Waals surface area contributed by atoms with Gasteiger partial charge in [-0.2, -0.15) is 0 Å². The van der Waals surface area contributed by atoms with Crippen LogP contribution in [0.5, 0.6) is 0 Å². The molecule has 1 saturated heterocycles. The van der Waals surface area contributed by atoms with Gasteiger partial charge in [-0.05, 0) is 0 Å². The molecule has 0 unspecified atom stereocenters. The minimum Gasteiger partial charge on any atom is -0.387 e. The second kappa shape index (κ2) is 5.62. The number of nitrogens with zero attached hydrogens (tertiary/aromatic N) is 3. The fourth-order valence-electron chi connectivity index (χ4n) is 2.06. The van der Waals surface area contributed by atoms with Crippen LogP contribution in [0.15, 0.2) is 17.7 Å². The summed E-state index contributed by atoms with van der Waals surface area (Å²) in [7, 11) is 1.43. The van der Waals surface area contributed by atoms with Gasteiger partial charge in [-0.25, -0.2) is 15.0 Å². The quantitative estimate of drug-likeness (QED) is 0.513. The van der Waals surface area contributed by atoms with Crippen LogP contribution in [-0.2, 0) is 9.47 Å². The Hall–Kier alpha value is -1.26. The molecule has 0 aromatic carbocycles. The summed E-state index contributed by atoms with van der Waals surface area (Å²) in [6.45, 7) is 0. The fraction of sp³-hybridized carbons (Fsp3) is 0.545. The van der Waals surface area contributed by atoms with Crippen LogP contribution in [0.3, 0.4) is 0 Å². The number of methoxy groups -OCH3 is 1. The second-order valence-electron chi connectivity index (χ2n) is 4.35. The zero-order valence-electron chi connectivity index (χ0n) is 10.6. The molecule has 2 aromatic heterocycles. The highest BCUT2D eigenvalue weighted by Gasteiger charge is 2.42. The van der Waals surface area contributed by atoms with Crippen LogP contribution < -0.4 is 0 Å². The molecule has 20 heavy (non-hydrogen) atoms. The summed E-state index contributed by atoms with van der Waals surface area (Å²) in [6.07, 6.45) is -0.352. The lowest BCUT2D eigenvalue weighted by atomic mass is 10.2. The van der Waals surface area contributed by atoms with Crippen molar-refractivity contribution in [3.63, 3.8) is 0 Å². The number of nitrogens with one attached hydrogen (secondary N) is 1. The average Bonchev–Trinajstić information content (AvgIpc) is 3.04. The molecule has 0 radical (unpaired) electrons. The normalized spacial score (nSPS) is 30.1. The SMILES string of the molecule is CO[C@@H]1O[C@H](CSc2ncnc3nc[nH]c23)[C@@H](O)[C@H]1O. The van der Waals surface area contributed by atoms with E-state index in [1.807, 2.05) is 0 Å². The Morgan fingerprint density at radius 1 is 1.35 bits per heavy atom. The molecule has 4 atom stereocenters. The molecule has 108 valence electrons. The molecule has 3 rings (SSSR count). The van der Waals surface area contributed by atoms with Gasteiger partial charge in [0.05, 0.1) is 12.4 Å². The number of fused-ring (bicyclic) bond motifs is 1. The monoisotopic (exact) mass is 298 g/mol. The fourth-order valence-corrected chi connectivity index (χ4v) is 3.07. The van der Waals surface area contributed by atoms with E-state index in [1.165, 1.54) is 25.2 Å². The van der Waals surface area contributed by atoms with Crippen LogP contribution in [-0.4, -0.2) is 67.6 Å². The molecule has 8 nitrogen and oxygen atoms in total. The summed E-state index contributed by atoms with van der Waals surface area (Å²) in [5.74, 6) is 0.434. The number of hydrogen-bond acceptors (Lipinski definition) is 8. The Kier molecular flexibility index (Phi) is 3.85. The van der Waals surface area contributed by atoms with E-state index in [0.717, 1.165) is 10.5 Å². The van der Waals surface area contributed by atoms with Gasteiger partial charge in [0.2, 0.25) is 0 Å². The van der Waals surface area contributed by atoms with Crippen LogP contribution in [0.4, 0.5) is 0 Å². The number of hydrogen-bond donors (Lipinski definition) is 3. The maximum atomic E-state index is 9.89. The molecule has 2 aromatic rings. The molecule has 1 aliphatic heterocycles. The topological polar surface area (TPSA) is 113 Å². The molecule has 0 amide bonds. The van der Waals surface area contributed by atoms with Crippen LogP contribution in [0.2, 0.25) is 0 Å². The summed E-state index contributed by atoms with van der Waals surface area (Å²) >= 11 is 1.40. The van der Waals surface area contributed by atoms with Gasteiger partial charge < -0.3 is 24.7 Å². The molecule has 9 heteroatoms. The highest BCUT2D eigenvalue weighted by Crippen LogP contribution is 2.28. The summed E-state index contributed by atoms with van der Waals surface area (Å²) < 4.78 is 10.4. The summed E-state index contributed by atoms with van der Waals surface area (Å²) in [4.78, 5) is 15.2. The van der Waals surface area contributed by atoms with Crippen molar-refractivity contribution in [1.82, 2.24) is 19.9 Å². The largest absolute Gasteiger partial charge is 0.387 e. The first kappa shape index (κ1) is 13.7. The smallest absolute Gasteiger partial charge is 0.186 e. The third kappa shape index (κ3) is 2.38. The summed E-state index contributed by atoms with van der Waals surface area (Å²) in [5.41, 5.74) is 1.33.